The standard InChI is InChI=1S/C22H25FN2O2/c1-2-17-27-21-10-3-18(4-11-21)5-12-22(26)25-15-13-24(14-16-25)20-8-6-19(23)7-9-20/h3-12H,2,13-17H2,1H3. The molecular formula is C22H25FN2O2. The number of halogens is 1. The summed E-state index contributed by atoms with van der Waals surface area (Å²) in [5, 5.41) is 0. The van der Waals surface area contributed by atoms with Crippen molar-refractivity contribution < 1.29 is 13.9 Å². The summed E-state index contributed by atoms with van der Waals surface area (Å²) in [6.07, 6.45) is 4.43. The Bertz CT molecular complexity index is 764. The van der Waals surface area contributed by atoms with E-state index in [1.807, 2.05) is 35.2 Å². The number of anilines is 1. The molecule has 5 heteroatoms. The van der Waals surface area contributed by atoms with Crippen LogP contribution in [-0.4, -0.2) is 43.6 Å². The van der Waals surface area contributed by atoms with Crippen LogP contribution in [-0.2, 0) is 4.79 Å². The highest BCUT2D eigenvalue weighted by molar-refractivity contribution is 5.92. The fourth-order valence-electron chi connectivity index (χ4n) is 3.00. The minimum absolute atomic E-state index is 0.0139. The summed E-state index contributed by atoms with van der Waals surface area (Å²) in [4.78, 5) is 16.4. The molecule has 1 aliphatic heterocycles. The summed E-state index contributed by atoms with van der Waals surface area (Å²) in [6, 6.07) is 14.2. The highest BCUT2D eigenvalue weighted by Gasteiger charge is 2.19. The Kier molecular flexibility index (Phi) is 6.47. The molecule has 1 amide bonds. The van der Waals surface area contributed by atoms with Gasteiger partial charge in [-0.3, -0.25) is 4.79 Å². The molecular weight excluding hydrogens is 343 g/mol. The SMILES string of the molecule is CCCOc1ccc(C=CC(=O)N2CCN(c3ccc(F)cc3)CC2)cc1. The van der Waals surface area contributed by atoms with Gasteiger partial charge in [-0.2, -0.15) is 0 Å². The topological polar surface area (TPSA) is 32.8 Å². The van der Waals surface area contributed by atoms with Crippen LogP contribution in [0.2, 0.25) is 0 Å². The molecule has 1 aliphatic rings. The van der Waals surface area contributed by atoms with Crippen LogP contribution in [0.5, 0.6) is 5.75 Å². The maximum atomic E-state index is 13.0. The van der Waals surface area contributed by atoms with Crippen molar-refractivity contribution in [3.8, 4) is 5.75 Å². The third-order valence-electron chi connectivity index (χ3n) is 4.55. The molecule has 1 saturated heterocycles. The van der Waals surface area contributed by atoms with Gasteiger partial charge in [0.2, 0.25) is 5.91 Å². The van der Waals surface area contributed by atoms with Gasteiger partial charge in [-0.1, -0.05) is 19.1 Å². The number of amides is 1. The lowest BCUT2D eigenvalue weighted by atomic mass is 10.2. The van der Waals surface area contributed by atoms with Crippen LogP contribution in [0, 0.1) is 5.82 Å². The fraction of sp³-hybridized carbons (Fsp3) is 0.318. The molecule has 0 aliphatic carbocycles. The van der Waals surface area contributed by atoms with E-state index in [4.69, 9.17) is 4.74 Å². The summed E-state index contributed by atoms with van der Waals surface area (Å²) in [5.41, 5.74) is 1.96. The number of carbonyl (C=O) groups is 1. The smallest absolute Gasteiger partial charge is 0.246 e. The van der Waals surface area contributed by atoms with Gasteiger partial charge in [0.05, 0.1) is 6.61 Å². The molecule has 4 nitrogen and oxygen atoms in total. The monoisotopic (exact) mass is 368 g/mol. The highest BCUT2D eigenvalue weighted by atomic mass is 19.1. The maximum Gasteiger partial charge on any atom is 0.246 e. The molecule has 1 heterocycles. The van der Waals surface area contributed by atoms with Crippen molar-refractivity contribution in [3.63, 3.8) is 0 Å². The second-order valence-electron chi connectivity index (χ2n) is 6.54. The molecule has 3 rings (SSSR count). The zero-order valence-electron chi connectivity index (χ0n) is 15.6. The highest BCUT2D eigenvalue weighted by Crippen LogP contribution is 2.17. The third-order valence-corrected chi connectivity index (χ3v) is 4.55. The van der Waals surface area contributed by atoms with E-state index in [0.717, 1.165) is 36.5 Å². The average molecular weight is 368 g/mol. The van der Waals surface area contributed by atoms with Crippen LogP contribution in [0.15, 0.2) is 54.6 Å². The van der Waals surface area contributed by atoms with Gasteiger partial charge in [0, 0.05) is 37.9 Å². The van der Waals surface area contributed by atoms with E-state index in [9.17, 15) is 9.18 Å². The largest absolute Gasteiger partial charge is 0.494 e. The normalized spacial score (nSPS) is 14.6. The summed E-state index contributed by atoms with van der Waals surface area (Å²) in [5.74, 6) is 0.625. The van der Waals surface area contributed by atoms with Crippen LogP contribution in [0.4, 0.5) is 10.1 Å². The lowest BCUT2D eigenvalue weighted by Gasteiger charge is -2.35. The second-order valence-corrected chi connectivity index (χ2v) is 6.54. The van der Waals surface area contributed by atoms with Crippen molar-refractivity contribution >= 4 is 17.7 Å². The molecule has 1 fully saturated rings. The van der Waals surface area contributed by atoms with Crippen LogP contribution in [0.1, 0.15) is 18.9 Å². The van der Waals surface area contributed by atoms with Gasteiger partial charge in [0.1, 0.15) is 11.6 Å². The van der Waals surface area contributed by atoms with Gasteiger partial charge in [-0.15, -0.1) is 0 Å². The molecule has 142 valence electrons. The van der Waals surface area contributed by atoms with Gasteiger partial charge in [0.25, 0.3) is 0 Å². The third kappa shape index (κ3) is 5.33. The van der Waals surface area contributed by atoms with Crippen LogP contribution in [0.3, 0.4) is 0 Å². The first-order chi connectivity index (χ1) is 13.2. The average Bonchev–Trinajstić information content (AvgIpc) is 2.72. The van der Waals surface area contributed by atoms with Gasteiger partial charge in [-0.25, -0.2) is 4.39 Å². The summed E-state index contributed by atoms with van der Waals surface area (Å²) < 4.78 is 18.6. The van der Waals surface area contributed by atoms with Crippen LogP contribution >= 0.6 is 0 Å². The Morgan fingerprint density at radius 3 is 2.33 bits per heavy atom. The zero-order valence-corrected chi connectivity index (χ0v) is 15.6. The maximum absolute atomic E-state index is 13.0. The molecule has 2 aromatic carbocycles. The van der Waals surface area contributed by atoms with Gasteiger partial charge in [0.15, 0.2) is 0 Å². The predicted octanol–water partition coefficient (Wildman–Crippen LogP) is 3.98. The van der Waals surface area contributed by atoms with Gasteiger partial charge < -0.3 is 14.5 Å². The van der Waals surface area contributed by atoms with Crippen LogP contribution < -0.4 is 9.64 Å². The first-order valence-electron chi connectivity index (χ1n) is 9.36. The van der Waals surface area contributed by atoms with Gasteiger partial charge in [-0.05, 0) is 54.5 Å². The van der Waals surface area contributed by atoms with E-state index in [0.29, 0.717) is 19.7 Å². The summed E-state index contributed by atoms with van der Waals surface area (Å²) >= 11 is 0. The molecule has 27 heavy (non-hydrogen) atoms. The van der Waals surface area contributed by atoms with E-state index in [1.165, 1.54) is 12.1 Å². The van der Waals surface area contributed by atoms with Gasteiger partial charge >= 0.3 is 0 Å². The number of nitrogens with zero attached hydrogens (tertiary/aromatic N) is 2. The minimum atomic E-state index is -0.234. The molecule has 2 aromatic rings. The Morgan fingerprint density at radius 2 is 1.70 bits per heavy atom. The lowest BCUT2D eigenvalue weighted by molar-refractivity contribution is -0.126. The number of carbonyl (C=O) groups excluding carboxylic acids is 1. The molecule has 0 bridgehead atoms. The molecule has 0 radical (unpaired) electrons. The fourth-order valence-corrected chi connectivity index (χ4v) is 3.00. The van der Waals surface area contributed by atoms with E-state index in [2.05, 4.69) is 11.8 Å². The van der Waals surface area contributed by atoms with Crippen molar-refractivity contribution in [2.24, 2.45) is 0 Å². The Balaban J connectivity index is 1.50. The molecule has 0 unspecified atom stereocenters. The molecule has 0 N–H and O–H groups in total. The zero-order chi connectivity index (χ0) is 19.1. The van der Waals surface area contributed by atoms with Crippen molar-refractivity contribution in [1.82, 2.24) is 4.90 Å². The van der Waals surface area contributed by atoms with Crippen molar-refractivity contribution in [3.05, 3.63) is 66.0 Å². The first kappa shape index (κ1) is 19.0. The summed E-state index contributed by atoms with van der Waals surface area (Å²) in [7, 11) is 0. The first-order valence-corrected chi connectivity index (χ1v) is 9.36. The minimum Gasteiger partial charge on any atom is -0.494 e. The van der Waals surface area contributed by atoms with E-state index in [1.54, 1.807) is 18.2 Å². The quantitative estimate of drug-likeness (QED) is 0.723. The Labute approximate surface area is 159 Å². The van der Waals surface area contributed by atoms with Crippen LogP contribution in [0.25, 0.3) is 6.08 Å². The molecule has 0 atom stereocenters. The molecule has 0 aromatic heterocycles. The van der Waals surface area contributed by atoms with E-state index in [-0.39, 0.29) is 11.7 Å². The molecule has 0 saturated carbocycles. The van der Waals surface area contributed by atoms with E-state index < -0.39 is 0 Å². The number of rotatable bonds is 6. The Morgan fingerprint density at radius 1 is 1.04 bits per heavy atom. The number of benzene rings is 2. The van der Waals surface area contributed by atoms with Crippen molar-refractivity contribution in [2.45, 2.75) is 13.3 Å². The lowest BCUT2D eigenvalue weighted by Crippen LogP contribution is -2.48. The molecule has 0 spiro atoms. The predicted molar refractivity (Wildman–Crippen MR) is 106 cm³/mol. The number of ether oxygens (including phenoxy) is 1. The number of hydrogen-bond acceptors (Lipinski definition) is 3. The number of hydrogen-bond donors (Lipinski definition) is 0. The van der Waals surface area contributed by atoms with E-state index >= 15 is 0 Å². The van der Waals surface area contributed by atoms with Crippen molar-refractivity contribution in [2.75, 3.05) is 37.7 Å². The summed E-state index contributed by atoms with van der Waals surface area (Å²) in [6.45, 7) is 5.58. The number of piperazine rings is 1. The van der Waals surface area contributed by atoms with Crippen molar-refractivity contribution in [1.29, 1.82) is 0 Å². The second kappa shape index (κ2) is 9.21. The Hall–Kier alpha value is -2.82.